The van der Waals surface area contributed by atoms with Crippen molar-refractivity contribution < 1.29 is 23.8 Å². The van der Waals surface area contributed by atoms with E-state index < -0.39 is 0 Å². The fourth-order valence-corrected chi connectivity index (χ4v) is 4.20. The van der Waals surface area contributed by atoms with Crippen molar-refractivity contribution in [2.45, 2.75) is 25.8 Å². The predicted molar refractivity (Wildman–Crippen MR) is 116 cm³/mol. The van der Waals surface area contributed by atoms with Crippen LogP contribution in [0.25, 0.3) is 0 Å². The Hall–Kier alpha value is -3.20. The quantitative estimate of drug-likeness (QED) is 0.704. The molecule has 0 radical (unpaired) electrons. The molecule has 1 atom stereocenters. The number of carbonyl (C=O) groups is 2. The van der Waals surface area contributed by atoms with Gasteiger partial charge in [0.2, 0.25) is 0 Å². The summed E-state index contributed by atoms with van der Waals surface area (Å²) in [4.78, 5) is 38.9. The molecule has 2 aliphatic heterocycles. The van der Waals surface area contributed by atoms with Crippen molar-refractivity contribution >= 4 is 11.8 Å². The van der Waals surface area contributed by atoms with Crippen LogP contribution in [0.4, 0.5) is 0 Å². The van der Waals surface area contributed by atoms with Gasteiger partial charge in [-0.1, -0.05) is 0 Å². The van der Waals surface area contributed by atoms with Gasteiger partial charge in [-0.2, -0.15) is 0 Å². The van der Waals surface area contributed by atoms with Gasteiger partial charge < -0.3 is 24.0 Å². The highest BCUT2D eigenvalue weighted by Gasteiger charge is 2.34. The monoisotopic (exact) mass is 440 g/mol. The molecule has 0 unspecified atom stereocenters. The molecule has 2 aromatic rings. The Morgan fingerprint density at radius 3 is 2.53 bits per heavy atom. The molecule has 4 rings (SSSR count). The van der Waals surface area contributed by atoms with E-state index in [1.807, 2.05) is 6.92 Å². The summed E-state index contributed by atoms with van der Waals surface area (Å²) in [6, 6.07) is 4.91. The third-order valence-corrected chi connectivity index (χ3v) is 5.98. The summed E-state index contributed by atoms with van der Waals surface area (Å²) < 4.78 is 16.0. The smallest absolute Gasteiger partial charge is 0.258 e. The van der Waals surface area contributed by atoms with E-state index in [1.54, 1.807) is 41.3 Å². The average Bonchev–Trinajstić information content (AvgIpc) is 3.33. The highest BCUT2D eigenvalue weighted by molar-refractivity contribution is 5.97. The van der Waals surface area contributed by atoms with Crippen molar-refractivity contribution in [2.24, 2.45) is 0 Å². The molecule has 3 heterocycles. The first-order valence-electron chi connectivity index (χ1n) is 10.8. The molecule has 0 bridgehead atoms. The lowest BCUT2D eigenvalue weighted by atomic mass is 10.1. The number of likely N-dealkylation sites (tertiary alicyclic amines) is 1. The van der Waals surface area contributed by atoms with Crippen LogP contribution in [0.2, 0.25) is 0 Å². The van der Waals surface area contributed by atoms with Crippen LogP contribution < -0.4 is 9.47 Å². The van der Waals surface area contributed by atoms with Gasteiger partial charge in [0.15, 0.2) is 5.82 Å². The number of aromatic nitrogens is 2. The van der Waals surface area contributed by atoms with E-state index in [-0.39, 0.29) is 17.9 Å². The van der Waals surface area contributed by atoms with E-state index in [0.29, 0.717) is 67.0 Å². The summed E-state index contributed by atoms with van der Waals surface area (Å²) in [5.74, 6) is 1.42. The van der Waals surface area contributed by atoms with Crippen molar-refractivity contribution in [1.29, 1.82) is 0 Å². The van der Waals surface area contributed by atoms with Crippen LogP contribution in [-0.2, 0) is 4.74 Å². The minimum atomic E-state index is -0.249. The molecular weight excluding hydrogens is 412 g/mol. The highest BCUT2D eigenvalue weighted by Crippen LogP contribution is 2.34. The molecule has 170 valence electrons. The molecule has 0 saturated carbocycles. The summed E-state index contributed by atoms with van der Waals surface area (Å²) in [5, 5.41) is 0. The number of methoxy groups -OCH3 is 2. The molecule has 0 aliphatic carbocycles. The minimum absolute atomic E-state index is 0.0836. The number of benzene rings is 1. The fraction of sp³-hybridized carbons (Fsp3) is 0.478. The summed E-state index contributed by atoms with van der Waals surface area (Å²) in [6.07, 6.45) is 3.20. The fourth-order valence-electron chi connectivity index (χ4n) is 4.20. The molecule has 9 heteroatoms. The first-order valence-corrected chi connectivity index (χ1v) is 10.8. The minimum Gasteiger partial charge on any atom is -0.497 e. The first-order chi connectivity index (χ1) is 15.5. The lowest BCUT2D eigenvalue weighted by Gasteiger charge is -2.28. The van der Waals surface area contributed by atoms with Gasteiger partial charge in [0.05, 0.1) is 50.3 Å². The number of ether oxygens (including phenoxy) is 3. The zero-order valence-electron chi connectivity index (χ0n) is 18.7. The molecule has 32 heavy (non-hydrogen) atoms. The molecule has 2 amide bonds. The number of carbonyl (C=O) groups excluding carboxylic acids is 2. The topological polar surface area (TPSA) is 94.1 Å². The van der Waals surface area contributed by atoms with E-state index in [1.165, 1.54) is 7.11 Å². The van der Waals surface area contributed by atoms with Gasteiger partial charge in [-0.15, -0.1) is 0 Å². The van der Waals surface area contributed by atoms with Crippen molar-refractivity contribution in [2.75, 3.05) is 47.1 Å². The SMILES string of the molecule is COc1ccc(C(=O)N2CCC[C@H]2c2ncc(C(=O)N3CCOCC3)c(C)n2)c(OC)c1. The van der Waals surface area contributed by atoms with Gasteiger partial charge >= 0.3 is 0 Å². The summed E-state index contributed by atoms with van der Waals surface area (Å²) in [6.45, 7) is 4.63. The van der Waals surface area contributed by atoms with Gasteiger partial charge in [-0.05, 0) is 31.9 Å². The Kier molecular flexibility index (Phi) is 6.55. The predicted octanol–water partition coefficient (Wildman–Crippen LogP) is 2.25. The first kappa shape index (κ1) is 22.0. The zero-order valence-corrected chi connectivity index (χ0v) is 18.7. The van der Waals surface area contributed by atoms with Crippen LogP contribution >= 0.6 is 0 Å². The third kappa shape index (κ3) is 4.25. The normalized spacial score (nSPS) is 18.5. The number of rotatable bonds is 5. The Morgan fingerprint density at radius 1 is 1.06 bits per heavy atom. The van der Waals surface area contributed by atoms with Crippen molar-refractivity contribution in [3.63, 3.8) is 0 Å². The summed E-state index contributed by atoms with van der Waals surface area (Å²) >= 11 is 0. The standard InChI is InChI=1S/C23H28N4O5/c1-15-18(22(28)26-9-11-32-12-10-26)14-24-21(25-15)19-5-4-8-27(19)23(29)17-7-6-16(30-2)13-20(17)31-3/h6-7,13-14,19H,4-5,8-12H2,1-3H3/t19-/m0/s1. The average molecular weight is 441 g/mol. The molecule has 2 fully saturated rings. The van der Waals surface area contributed by atoms with Crippen LogP contribution in [0.3, 0.4) is 0 Å². The maximum atomic E-state index is 13.4. The number of nitrogens with zero attached hydrogens (tertiary/aromatic N) is 4. The Balaban J connectivity index is 1.56. The maximum Gasteiger partial charge on any atom is 0.258 e. The zero-order chi connectivity index (χ0) is 22.7. The Morgan fingerprint density at radius 2 is 1.84 bits per heavy atom. The largest absolute Gasteiger partial charge is 0.497 e. The lowest BCUT2D eigenvalue weighted by molar-refractivity contribution is 0.0301. The van der Waals surface area contributed by atoms with Crippen LogP contribution in [0.1, 0.15) is 51.1 Å². The number of hydrogen-bond acceptors (Lipinski definition) is 7. The van der Waals surface area contributed by atoms with E-state index >= 15 is 0 Å². The van der Waals surface area contributed by atoms with Crippen LogP contribution in [0, 0.1) is 6.92 Å². The summed E-state index contributed by atoms with van der Waals surface area (Å²) in [7, 11) is 3.10. The van der Waals surface area contributed by atoms with Crippen molar-refractivity contribution in [1.82, 2.24) is 19.8 Å². The van der Waals surface area contributed by atoms with E-state index in [0.717, 1.165) is 12.8 Å². The van der Waals surface area contributed by atoms with Gasteiger partial charge in [0.25, 0.3) is 11.8 Å². The maximum absolute atomic E-state index is 13.4. The van der Waals surface area contributed by atoms with Gasteiger partial charge in [0, 0.05) is 31.9 Å². The van der Waals surface area contributed by atoms with Gasteiger partial charge in [0.1, 0.15) is 11.5 Å². The molecular formula is C23H28N4O5. The Bertz CT molecular complexity index is 1010. The number of morpholine rings is 1. The second-order valence-electron chi connectivity index (χ2n) is 7.85. The van der Waals surface area contributed by atoms with E-state index in [4.69, 9.17) is 14.2 Å². The highest BCUT2D eigenvalue weighted by atomic mass is 16.5. The second kappa shape index (κ2) is 9.52. The van der Waals surface area contributed by atoms with Crippen molar-refractivity contribution in [3.05, 3.63) is 47.0 Å². The van der Waals surface area contributed by atoms with E-state index in [9.17, 15) is 9.59 Å². The Labute approximate surface area is 187 Å². The van der Waals surface area contributed by atoms with Crippen LogP contribution in [-0.4, -0.2) is 78.6 Å². The third-order valence-electron chi connectivity index (χ3n) is 5.98. The van der Waals surface area contributed by atoms with Crippen molar-refractivity contribution in [3.8, 4) is 11.5 Å². The number of hydrogen-bond donors (Lipinski definition) is 0. The molecule has 2 saturated heterocycles. The molecule has 9 nitrogen and oxygen atoms in total. The van der Waals surface area contributed by atoms with Gasteiger partial charge in [-0.3, -0.25) is 9.59 Å². The molecule has 1 aromatic heterocycles. The second-order valence-corrected chi connectivity index (χ2v) is 7.85. The molecule has 2 aliphatic rings. The molecule has 0 N–H and O–H groups in total. The number of aryl methyl sites for hydroxylation is 1. The van der Waals surface area contributed by atoms with E-state index in [2.05, 4.69) is 9.97 Å². The molecule has 0 spiro atoms. The summed E-state index contributed by atoms with van der Waals surface area (Å²) in [5.41, 5.74) is 1.58. The van der Waals surface area contributed by atoms with Gasteiger partial charge in [-0.25, -0.2) is 9.97 Å². The number of amides is 2. The van der Waals surface area contributed by atoms with Crippen LogP contribution in [0.5, 0.6) is 11.5 Å². The molecule has 1 aromatic carbocycles. The van der Waals surface area contributed by atoms with Crippen LogP contribution in [0.15, 0.2) is 24.4 Å². The lowest BCUT2D eigenvalue weighted by Crippen LogP contribution is -2.41.